The molecule has 0 heterocycles. The summed E-state index contributed by atoms with van der Waals surface area (Å²) in [7, 11) is -1.74. The lowest BCUT2D eigenvalue weighted by Crippen LogP contribution is -2.27. The molecule has 0 saturated heterocycles. The van der Waals surface area contributed by atoms with E-state index in [-0.39, 0.29) is 6.10 Å². The van der Waals surface area contributed by atoms with Gasteiger partial charge in [0.05, 0.1) is 12.2 Å². The Labute approximate surface area is 110 Å². The maximum absolute atomic E-state index is 9.22. The molecule has 4 heteroatoms. The third kappa shape index (κ3) is 4.90. The fraction of sp³-hybridized carbons (Fsp3) is 0.500. The van der Waals surface area contributed by atoms with Gasteiger partial charge in [-0.1, -0.05) is 12.1 Å². The summed E-state index contributed by atoms with van der Waals surface area (Å²) in [5, 5.41) is 9.22. The number of benzene rings is 1. The Morgan fingerprint density at radius 1 is 1.22 bits per heavy atom. The lowest BCUT2D eigenvalue weighted by atomic mass is 10.1. The van der Waals surface area contributed by atoms with Crippen molar-refractivity contribution in [1.82, 2.24) is 0 Å². The second-order valence-electron chi connectivity index (χ2n) is 5.48. The second-order valence-corrected chi connectivity index (χ2v) is 9.94. The molecule has 1 aromatic rings. The van der Waals surface area contributed by atoms with E-state index in [0.29, 0.717) is 0 Å². The molecule has 18 heavy (non-hydrogen) atoms. The lowest BCUT2D eigenvalue weighted by molar-refractivity contribution is 0.237. The maximum atomic E-state index is 9.22. The van der Waals surface area contributed by atoms with E-state index in [4.69, 9.17) is 9.16 Å². The standard InChI is InChI=1S/C14H21NO2Si/c1-11(2)16-13-8-6-7-12(9-13)14(10-15)17-18(3,4)5/h6-9,11,14H,1-5H3. The van der Waals surface area contributed by atoms with E-state index < -0.39 is 14.4 Å². The van der Waals surface area contributed by atoms with Gasteiger partial charge < -0.3 is 9.16 Å². The van der Waals surface area contributed by atoms with Crippen molar-refractivity contribution in [3.63, 3.8) is 0 Å². The minimum Gasteiger partial charge on any atom is -0.491 e. The summed E-state index contributed by atoms with van der Waals surface area (Å²) in [5.41, 5.74) is 0.859. The Morgan fingerprint density at radius 3 is 2.39 bits per heavy atom. The van der Waals surface area contributed by atoms with Crippen LogP contribution in [0.25, 0.3) is 0 Å². The topological polar surface area (TPSA) is 42.2 Å². The van der Waals surface area contributed by atoms with Crippen molar-refractivity contribution in [3.05, 3.63) is 29.8 Å². The number of nitriles is 1. The Kier molecular flexibility index (Phi) is 4.94. The molecule has 0 aliphatic heterocycles. The van der Waals surface area contributed by atoms with Crippen LogP contribution >= 0.6 is 0 Å². The van der Waals surface area contributed by atoms with Gasteiger partial charge in [0.2, 0.25) is 0 Å². The Hall–Kier alpha value is -1.31. The van der Waals surface area contributed by atoms with Gasteiger partial charge >= 0.3 is 0 Å². The summed E-state index contributed by atoms with van der Waals surface area (Å²) in [6, 6.07) is 9.79. The van der Waals surface area contributed by atoms with E-state index in [2.05, 4.69) is 25.7 Å². The van der Waals surface area contributed by atoms with Crippen LogP contribution in [-0.2, 0) is 4.43 Å². The average Bonchev–Trinajstić information content (AvgIpc) is 2.24. The van der Waals surface area contributed by atoms with Gasteiger partial charge in [-0.3, -0.25) is 0 Å². The third-order valence-corrected chi connectivity index (χ3v) is 3.06. The summed E-state index contributed by atoms with van der Waals surface area (Å²) in [6.07, 6.45) is -0.383. The molecule has 0 radical (unpaired) electrons. The zero-order chi connectivity index (χ0) is 13.8. The number of rotatable bonds is 5. The zero-order valence-electron chi connectivity index (χ0n) is 11.7. The normalized spacial score (nSPS) is 13.2. The fourth-order valence-corrected chi connectivity index (χ4v) is 2.44. The molecule has 1 atom stereocenters. The molecule has 0 N–H and O–H groups in total. The van der Waals surface area contributed by atoms with Crippen LogP contribution in [0.4, 0.5) is 0 Å². The monoisotopic (exact) mass is 263 g/mol. The summed E-state index contributed by atoms with van der Waals surface area (Å²) in [5.74, 6) is 0.780. The highest BCUT2D eigenvalue weighted by Gasteiger charge is 2.22. The molecule has 0 bridgehead atoms. The van der Waals surface area contributed by atoms with Gasteiger partial charge in [0.25, 0.3) is 0 Å². The second kappa shape index (κ2) is 6.03. The smallest absolute Gasteiger partial charge is 0.186 e. The van der Waals surface area contributed by atoms with Crippen LogP contribution in [0.15, 0.2) is 24.3 Å². The SMILES string of the molecule is CC(C)Oc1cccc(C(C#N)O[Si](C)(C)C)c1. The molecule has 0 aromatic heterocycles. The van der Waals surface area contributed by atoms with E-state index >= 15 is 0 Å². The van der Waals surface area contributed by atoms with Crippen LogP contribution in [0.3, 0.4) is 0 Å². The first kappa shape index (κ1) is 14.7. The zero-order valence-corrected chi connectivity index (χ0v) is 12.7. The number of hydrogen-bond donors (Lipinski definition) is 0. The third-order valence-electron chi connectivity index (χ3n) is 2.12. The molecule has 0 saturated carbocycles. The van der Waals surface area contributed by atoms with Gasteiger partial charge in [-0.2, -0.15) is 5.26 Å². The molecule has 1 unspecified atom stereocenters. The van der Waals surface area contributed by atoms with E-state index in [1.54, 1.807) is 0 Å². The van der Waals surface area contributed by atoms with Crippen molar-refractivity contribution in [2.75, 3.05) is 0 Å². The molecule has 0 amide bonds. The number of ether oxygens (including phenoxy) is 1. The van der Waals surface area contributed by atoms with Crippen LogP contribution in [0.1, 0.15) is 25.5 Å². The van der Waals surface area contributed by atoms with Crippen molar-refractivity contribution in [2.24, 2.45) is 0 Å². The molecule has 0 aliphatic rings. The summed E-state index contributed by atoms with van der Waals surface area (Å²) >= 11 is 0. The molecule has 0 aliphatic carbocycles. The van der Waals surface area contributed by atoms with Crippen molar-refractivity contribution in [1.29, 1.82) is 5.26 Å². The van der Waals surface area contributed by atoms with Gasteiger partial charge in [0, 0.05) is 0 Å². The highest BCUT2D eigenvalue weighted by atomic mass is 28.4. The van der Waals surface area contributed by atoms with Gasteiger partial charge in [0.1, 0.15) is 5.75 Å². The first-order valence-corrected chi connectivity index (χ1v) is 9.56. The minimum absolute atomic E-state index is 0.124. The minimum atomic E-state index is -1.74. The highest BCUT2D eigenvalue weighted by molar-refractivity contribution is 6.69. The van der Waals surface area contributed by atoms with Crippen molar-refractivity contribution in [3.8, 4) is 11.8 Å². The Balaban J connectivity index is 2.90. The average molecular weight is 263 g/mol. The molecule has 1 aromatic carbocycles. The molecule has 1 rings (SSSR count). The van der Waals surface area contributed by atoms with Crippen LogP contribution in [0.5, 0.6) is 5.75 Å². The van der Waals surface area contributed by atoms with Crippen LogP contribution in [0, 0.1) is 11.3 Å². The molecule has 0 fully saturated rings. The molecule has 0 spiro atoms. The van der Waals surface area contributed by atoms with Crippen LogP contribution < -0.4 is 4.74 Å². The Morgan fingerprint density at radius 2 is 1.89 bits per heavy atom. The van der Waals surface area contributed by atoms with Gasteiger partial charge in [-0.25, -0.2) is 0 Å². The van der Waals surface area contributed by atoms with Gasteiger partial charge in [0.15, 0.2) is 14.4 Å². The molecule has 3 nitrogen and oxygen atoms in total. The Bertz CT molecular complexity index is 432. The van der Waals surface area contributed by atoms with Crippen molar-refractivity contribution < 1.29 is 9.16 Å². The molecular formula is C14H21NO2Si. The summed E-state index contributed by atoms with van der Waals surface area (Å²) < 4.78 is 11.5. The maximum Gasteiger partial charge on any atom is 0.186 e. The van der Waals surface area contributed by atoms with Crippen molar-refractivity contribution >= 4 is 8.32 Å². The first-order chi connectivity index (χ1) is 8.31. The van der Waals surface area contributed by atoms with E-state index in [1.165, 1.54) is 0 Å². The number of hydrogen-bond acceptors (Lipinski definition) is 3. The molecule has 98 valence electrons. The summed E-state index contributed by atoms with van der Waals surface area (Å²) in [6.45, 7) is 10.2. The summed E-state index contributed by atoms with van der Waals surface area (Å²) in [4.78, 5) is 0. The van der Waals surface area contributed by atoms with E-state index in [9.17, 15) is 5.26 Å². The fourth-order valence-electron chi connectivity index (χ4n) is 1.55. The highest BCUT2D eigenvalue weighted by Crippen LogP contribution is 2.25. The van der Waals surface area contributed by atoms with E-state index in [0.717, 1.165) is 11.3 Å². The predicted octanol–water partition coefficient (Wildman–Crippen LogP) is 3.89. The quantitative estimate of drug-likeness (QED) is 0.757. The largest absolute Gasteiger partial charge is 0.491 e. The van der Waals surface area contributed by atoms with E-state index in [1.807, 2.05) is 38.1 Å². The molecular weight excluding hydrogens is 242 g/mol. The van der Waals surface area contributed by atoms with Crippen molar-refractivity contribution in [2.45, 2.75) is 45.7 Å². The predicted molar refractivity (Wildman–Crippen MR) is 75.0 cm³/mol. The van der Waals surface area contributed by atoms with Gasteiger partial charge in [-0.15, -0.1) is 0 Å². The lowest BCUT2D eigenvalue weighted by Gasteiger charge is -2.22. The van der Waals surface area contributed by atoms with Crippen LogP contribution in [-0.4, -0.2) is 14.4 Å². The van der Waals surface area contributed by atoms with Gasteiger partial charge in [-0.05, 0) is 51.2 Å². The van der Waals surface area contributed by atoms with Crippen LogP contribution in [0.2, 0.25) is 19.6 Å². The number of nitrogens with zero attached hydrogens (tertiary/aromatic N) is 1. The first-order valence-electron chi connectivity index (χ1n) is 6.16.